The number of rotatable bonds is 6. The van der Waals surface area contributed by atoms with Gasteiger partial charge in [-0.2, -0.15) is 5.10 Å². The minimum absolute atomic E-state index is 0.332. The molecule has 4 heterocycles. The fourth-order valence-corrected chi connectivity index (χ4v) is 5.70. The van der Waals surface area contributed by atoms with Crippen LogP contribution < -0.4 is 4.74 Å². The minimum Gasteiger partial charge on any atom is -0.497 e. The Morgan fingerprint density at radius 1 is 0.872 bits per heavy atom. The molecule has 7 heteroatoms. The van der Waals surface area contributed by atoms with Gasteiger partial charge in [-0.25, -0.2) is 4.39 Å². The molecule has 1 fully saturated rings. The lowest BCUT2D eigenvalue weighted by Crippen LogP contribution is -2.18. The Morgan fingerprint density at radius 3 is 2.64 bits per heavy atom. The number of nitrogens with zero attached hydrogens (tertiary/aromatic N) is 3. The maximum atomic E-state index is 14.3. The number of halogens is 1. The fraction of sp³-hybridized carbons (Fsp3) is 0.188. The van der Waals surface area contributed by atoms with Crippen molar-refractivity contribution in [1.82, 2.24) is 25.1 Å². The van der Waals surface area contributed by atoms with Crippen molar-refractivity contribution >= 4 is 21.8 Å². The van der Waals surface area contributed by atoms with E-state index in [1.165, 1.54) is 30.5 Å². The zero-order valence-electron chi connectivity index (χ0n) is 21.7. The number of fused-ring (bicyclic) bond motifs is 2. The molecule has 2 N–H and O–H groups in total. The second kappa shape index (κ2) is 9.67. The van der Waals surface area contributed by atoms with Crippen LogP contribution in [0.15, 0.2) is 79.1 Å². The maximum absolute atomic E-state index is 14.3. The smallest absolute Gasteiger partial charge is 0.127 e. The van der Waals surface area contributed by atoms with Crippen LogP contribution in [0.4, 0.5) is 4.39 Å². The van der Waals surface area contributed by atoms with E-state index in [1.54, 1.807) is 7.11 Å². The van der Waals surface area contributed by atoms with E-state index in [1.807, 2.05) is 36.7 Å². The van der Waals surface area contributed by atoms with Crippen LogP contribution in [-0.4, -0.2) is 45.3 Å². The molecule has 0 aliphatic carbocycles. The maximum Gasteiger partial charge on any atom is 0.127 e. The molecule has 0 atom stereocenters. The molecule has 1 saturated heterocycles. The van der Waals surface area contributed by atoms with Gasteiger partial charge in [-0.3, -0.25) is 15.0 Å². The third kappa shape index (κ3) is 4.45. The van der Waals surface area contributed by atoms with E-state index in [9.17, 15) is 4.39 Å². The largest absolute Gasteiger partial charge is 0.497 e. The molecule has 0 radical (unpaired) electrons. The molecular formula is C32H28FN5O. The molecule has 6 nitrogen and oxygen atoms in total. The standard InChI is InChI=1S/C32H28FN5O/c1-39-25-13-22(12-24(33)15-25)26-5-4-6-29-27(26)16-31(35-29)32-28-14-21(7-8-30(28)36-37-32)23-11-20(17-34-18-23)19-38-9-2-3-10-38/h4-8,11-18,35H,2-3,9-10,19H2,1H3,(H,36,37). The van der Waals surface area contributed by atoms with E-state index >= 15 is 0 Å². The number of pyridine rings is 1. The van der Waals surface area contributed by atoms with Gasteiger partial charge < -0.3 is 9.72 Å². The molecule has 3 aromatic heterocycles. The van der Waals surface area contributed by atoms with Crippen molar-refractivity contribution in [2.75, 3.05) is 20.2 Å². The lowest BCUT2D eigenvalue weighted by atomic mass is 10.0. The Balaban J connectivity index is 1.28. The van der Waals surface area contributed by atoms with Crippen LogP contribution in [0.1, 0.15) is 18.4 Å². The van der Waals surface area contributed by atoms with Crippen molar-refractivity contribution in [2.45, 2.75) is 19.4 Å². The summed E-state index contributed by atoms with van der Waals surface area (Å²) in [4.78, 5) is 10.6. The third-order valence-electron chi connectivity index (χ3n) is 7.63. The SMILES string of the molecule is COc1cc(F)cc(-c2cccc3[nH]c(-c4n[nH]c5ccc(-c6cncc(CN7CCCC7)c6)cc45)cc23)c1. The van der Waals surface area contributed by atoms with Gasteiger partial charge in [0.05, 0.1) is 18.3 Å². The van der Waals surface area contributed by atoms with Gasteiger partial charge in [0, 0.05) is 46.9 Å². The summed E-state index contributed by atoms with van der Waals surface area (Å²) >= 11 is 0. The molecule has 6 aromatic rings. The van der Waals surface area contributed by atoms with Crippen molar-refractivity contribution in [2.24, 2.45) is 0 Å². The van der Waals surface area contributed by atoms with Crippen LogP contribution in [0.25, 0.3) is 55.4 Å². The van der Waals surface area contributed by atoms with E-state index in [2.05, 4.69) is 55.4 Å². The number of ether oxygens (including phenoxy) is 1. The number of benzene rings is 3. The number of H-pyrrole nitrogens is 2. The van der Waals surface area contributed by atoms with Crippen molar-refractivity contribution in [3.63, 3.8) is 0 Å². The molecule has 194 valence electrons. The highest BCUT2D eigenvalue weighted by Crippen LogP contribution is 2.36. The van der Waals surface area contributed by atoms with Gasteiger partial charge in [0.15, 0.2) is 0 Å². The fourth-order valence-electron chi connectivity index (χ4n) is 5.70. The minimum atomic E-state index is -0.332. The Labute approximate surface area is 225 Å². The molecule has 0 saturated carbocycles. The van der Waals surface area contributed by atoms with Gasteiger partial charge in [0.2, 0.25) is 0 Å². The van der Waals surface area contributed by atoms with Gasteiger partial charge in [-0.15, -0.1) is 0 Å². The number of aromatic amines is 2. The lowest BCUT2D eigenvalue weighted by molar-refractivity contribution is 0.331. The Kier molecular flexibility index (Phi) is 5.86. The number of methoxy groups -OCH3 is 1. The van der Waals surface area contributed by atoms with Crippen molar-refractivity contribution in [3.05, 3.63) is 90.5 Å². The van der Waals surface area contributed by atoms with E-state index in [-0.39, 0.29) is 5.82 Å². The second-order valence-corrected chi connectivity index (χ2v) is 10.2. The first-order valence-electron chi connectivity index (χ1n) is 13.3. The summed E-state index contributed by atoms with van der Waals surface area (Å²) in [6, 6.07) is 21.5. The van der Waals surface area contributed by atoms with Gasteiger partial charge in [-0.1, -0.05) is 18.2 Å². The Hall–Kier alpha value is -4.49. The van der Waals surface area contributed by atoms with Crippen LogP contribution in [0.2, 0.25) is 0 Å². The summed E-state index contributed by atoms with van der Waals surface area (Å²) in [6.07, 6.45) is 6.45. The van der Waals surface area contributed by atoms with Gasteiger partial charge in [-0.05, 0) is 90.6 Å². The number of hydrogen-bond acceptors (Lipinski definition) is 4. The predicted octanol–water partition coefficient (Wildman–Crippen LogP) is 7.18. The Bertz CT molecular complexity index is 1810. The second-order valence-electron chi connectivity index (χ2n) is 10.2. The van der Waals surface area contributed by atoms with Crippen LogP contribution in [0, 0.1) is 5.82 Å². The molecule has 1 aliphatic rings. The first kappa shape index (κ1) is 23.6. The highest BCUT2D eigenvalue weighted by Gasteiger charge is 2.16. The molecule has 7 rings (SSSR count). The molecule has 39 heavy (non-hydrogen) atoms. The topological polar surface area (TPSA) is 69.8 Å². The average Bonchev–Trinajstić information content (AvgIpc) is 3.72. The number of hydrogen-bond donors (Lipinski definition) is 2. The van der Waals surface area contributed by atoms with Crippen LogP contribution in [0.3, 0.4) is 0 Å². The average molecular weight is 518 g/mol. The van der Waals surface area contributed by atoms with Crippen molar-refractivity contribution in [1.29, 1.82) is 0 Å². The first-order valence-corrected chi connectivity index (χ1v) is 13.3. The van der Waals surface area contributed by atoms with E-state index in [4.69, 9.17) is 4.74 Å². The molecule has 0 unspecified atom stereocenters. The monoisotopic (exact) mass is 517 g/mol. The summed E-state index contributed by atoms with van der Waals surface area (Å²) < 4.78 is 19.6. The summed E-state index contributed by atoms with van der Waals surface area (Å²) in [5, 5.41) is 9.86. The van der Waals surface area contributed by atoms with Crippen molar-refractivity contribution < 1.29 is 9.13 Å². The van der Waals surface area contributed by atoms with Gasteiger partial charge in [0.1, 0.15) is 17.3 Å². The van der Waals surface area contributed by atoms with Crippen LogP contribution in [-0.2, 0) is 6.54 Å². The van der Waals surface area contributed by atoms with Crippen molar-refractivity contribution in [3.8, 4) is 39.4 Å². The Morgan fingerprint density at radius 2 is 1.77 bits per heavy atom. The van der Waals surface area contributed by atoms with Gasteiger partial charge >= 0.3 is 0 Å². The summed E-state index contributed by atoms with van der Waals surface area (Å²) in [6.45, 7) is 3.26. The van der Waals surface area contributed by atoms with E-state index in [0.29, 0.717) is 5.75 Å². The molecule has 0 amide bonds. The zero-order chi connectivity index (χ0) is 26.3. The molecular weight excluding hydrogens is 489 g/mol. The summed E-state index contributed by atoms with van der Waals surface area (Å²) in [5.41, 5.74) is 8.77. The van der Waals surface area contributed by atoms with E-state index < -0.39 is 0 Å². The predicted molar refractivity (Wildman–Crippen MR) is 153 cm³/mol. The zero-order valence-corrected chi connectivity index (χ0v) is 21.7. The highest BCUT2D eigenvalue weighted by atomic mass is 19.1. The summed E-state index contributed by atoms with van der Waals surface area (Å²) in [7, 11) is 1.55. The molecule has 3 aromatic carbocycles. The van der Waals surface area contributed by atoms with E-state index in [0.717, 1.165) is 75.1 Å². The highest BCUT2D eigenvalue weighted by molar-refractivity contribution is 6.02. The third-order valence-corrected chi connectivity index (χ3v) is 7.63. The number of aromatic nitrogens is 4. The normalized spacial score (nSPS) is 14.0. The first-order chi connectivity index (χ1) is 19.1. The molecule has 1 aliphatic heterocycles. The molecule has 0 spiro atoms. The lowest BCUT2D eigenvalue weighted by Gasteiger charge is -2.14. The summed E-state index contributed by atoms with van der Waals surface area (Å²) in [5.74, 6) is 0.157. The number of nitrogens with one attached hydrogen (secondary N) is 2. The van der Waals surface area contributed by atoms with Gasteiger partial charge in [0.25, 0.3) is 0 Å². The quantitative estimate of drug-likeness (QED) is 0.245. The van der Waals surface area contributed by atoms with Crippen LogP contribution in [0.5, 0.6) is 5.75 Å². The molecule has 0 bridgehead atoms. The van der Waals surface area contributed by atoms with Crippen LogP contribution >= 0.6 is 0 Å². The number of likely N-dealkylation sites (tertiary alicyclic amines) is 1.